The van der Waals surface area contributed by atoms with Crippen LogP contribution in [0.25, 0.3) is 0 Å². The van der Waals surface area contributed by atoms with Crippen LogP contribution in [0.4, 0.5) is 5.69 Å². The number of hydrogen-bond acceptors (Lipinski definition) is 5. The van der Waals surface area contributed by atoms with Gasteiger partial charge in [0.15, 0.2) is 0 Å². The van der Waals surface area contributed by atoms with Gasteiger partial charge in [-0.2, -0.15) is 0 Å². The highest BCUT2D eigenvalue weighted by Gasteiger charge is 2.20. The first-order valence-electron chi connectivity index (χ1n) is 6.55. The van der Waals surface area contributed by atoms with Crippen molar-refractivity contribution in [3.05, 3.63) is 36.4 Å². The monoisotopic (exact) mass is 328 g/mol. The molecule has 1 aromatic carbocycles. The Morgan fingerprint density at radius 1 is 1.50 bits per heavy atom. The molecule has 0 fully saturated rings. The number of carboxylic acid groups (broad SMARTS) is 1. The Bertz CT molecular complexity index is 643. The third-order valence-corrected chi connectivity index (χ3v) is 4.33. The average Bonchev–Trinajstić information content (AvgIpc) is 2.44. The minimum absolute atomic E-state index is 0.114. The van der Waals surface area contributed by atoms with Crippen molar-refractivity contribution in [2.75, 3.05) is 25.6 Å². The van der Waals surface area contributed by atoms with Crippen LogP contribution in [0.5, 0.6) is 0 Å². The predicted molar refractivity (Wildman–Crippen MR) is 83.7 cm³/mol. The third-order valence-electron chi connectivity index (χ3n) is 2.74. The van der Waals surface area contributed by atoms with Crippen LogP contribution in [0.1, 0.15) is 17.3 Å². The lowest BCUT2D eigenvalue weighted by Crippen LogP contribution is -2.35. The second kappa shape index (κ2) is 7.92. The Labute approximate surface area is 130 Å². The van der Waals surface area contributed by atoms with Crippen LogP contribution in [0.3, 0.4) is 0 Å². The summed E-state index contributed by atoms with van der Waals surface area (Å²) in [5.41, 5.74) is 0.209. The van der Waals surface area contributed by atoms with Crippen molar-refractivity contribution in [2.24, 2.45) is 0 Å². The Morgan fingerprint density at radius 3 is 2.73 bits per heavy atom. The molecular weight excluding hydrogens is 308 g/mol. The van der Waals surface area contributed by atoms with Gasteiger partial charge in [-0.25, -0.2) is 17.9 Å². The highest BCUT2D eigenvalue weighted by Crippen LogP contribution is 2.21. The van der Waals surface area contributed by atoms with Gasteiger partial charge >= 0.3 is 5.97 Å². The summed E-state index contributed by atoms with van der Waals surface area (Å²) in [5.74, 6) is -1.21. The van der Waals surface area contributed by atoms with Gasteiger partial charge in [0, 0.05) is 25.4 Å². The lowest BCUT2D eigenvalue weighted by molar-refractivity contribution is 0.0697. The molecule has 0 saturated heterocycles. The molecule has 122 valence electrons. The highest BCUT2D eigenvalue weighted by atomic mass is 32.2. The smallest absolute Gasteiger partial charge is 0.337 e. The molecule has 1 rings (SSSR count). The zero-order valence-corrected chi connectivity index (χ0v) is 13.3. The molecule has 0 spiro atoms. The molecule has 0 saturated carbocycles. The zero-order valence-electron chi connectivity index (χ0n) is 12.5. The highest BCUT2D eigenvalue weighted by molar-refractivity contribution is 7.89. The Kier molecular flexibility index (Phi) is 6.54. The molecule has 0 aliphatic carbocycles. The van der Waals surface area contributed by atoms with E-state index >= 15 is 0 Å². The van der Waals surface area contributed by atoms with Crippen molar-refractivity contribution in [3.8, 4) is 0 Å². The topological polar surface area (TPSA) is 105 Å². The van der Waals surface area contributed by atoms with E-state index in [0.717, 1.165) is 6.07 Å². The van der Waals surface area contributed by atoms with E-state index in [1.165, 1.54) is 19.2 Å². The Balaban J connectivity index is 3.12. The number of carbonyl (C=O) groups is 1. The molecule has 0 aliphatic heterocycles. The van der Waals surface area contributed by atoms with Crippen molar-refractivity contribution in [1.29, 1.82) is 0 Å². The Hall–Kier alpha value is -1.90. The number of rotatable bonds is 9. The molecule has 1 atom stereocenters. The van der Waals surface area contributed by atoms with Gasteiger partial charge in [-0.1, -0.05) is 6.08 Å². The summed E-state index contributed by atoms with van der Waals surface area (Å²) in [6.45, 7) is 5.76. The average molecular weight is 328 g/mol. The SMILES string of the molecule is C=CCNc1ccc(S(=O)(=O)NC(C)COC)cc1C(=O)O. The molecule has 0 radical (unpaired) electrons. The van der Waals surface area contributed by atoms with Crippen LogP contribution < -0.4 is 10.0 Å². The number of sulfonamides is 1. The minimum atomic E-state index is -3.82. The fraction of sp³-hybridized carbons (Fsp3) is 0.357. The number of carboxylic acids is 1. The largest absolute Gasteiger partial charge is 0.478 e. The van der Waals surface area contributed by atoms with E-state index in [1.54, 1.807) is 13.0 Å². The fourth-order valence-corrected chi connectivity index (χ4v) is 3.07. The summed E-state index contributed by atoms with van der Waals surface area (Å²) in [6.07, 6.45) is 1.57. The fourth-order valence-electron chi connectivity index (χ4n) is 1.82. The van der Waals surface area contributed by atoms with Crippen LogP contribution in [0.15, 0.2) is 35.7 Å². The van der Waals surface area contributed by atoms with Gasteiger partial charge < -0.3 is 15.2 Å². The summed E-state index contributed by atoms with van der Waals surface area (Å²) >= 11 is 0. The van der Waals surface area contributed by atoms with E-state index in [-0.39, 0.29) is 17.1 Å². The van der Waals surface area contributed by atoms with E-state index in [9.17, 15) is 18.3 Å². The van der Waals surface area contributed by atoms with Gasteiger partial charge in [0.25, 0.3) is 0 Å². The number of ether oxygens (including phenoxy) is 1. The van der Waals surface area contributed by atoms with Crippen LogP contribution in [0, 0.1) is 0 Å². The summed E-state index contributed by atoms with van der Waals surface area (Å²) in [6, 6.07) is 3.46. The lowest BCUT2D eigenvalue weighted by Gasteiger charge is -2.15. The van der Waals surface area contributed by atoms with Gasteiger partial charge in [-0.05, 0) is 25.1 Å². The van der Waals surface area contributed by atoms with Crippen molar-refractivity contribution >= 4 is 21.7 Å². The Morgan fingerprint density at radius 2 is 2.18 bits per heavy atom. The van der Waals surface area contributed by atoms with Crippen molar-refractivity contribution < 1.29 is 23.1 Å². The lowest BCUT2D eigenvalue weighted by atomic mass is 10.2. The number of benzene rings is 1. The molecule has 0 aromatic heterocycles. The molecule has 8 heteroatoms. The number of nitrogens with one attached hydrogen (secondary N) is 2. The molecule has 1 unspecified atom stereocenters. The first-order chi connectivity index (χ1) is 10.3. The first kappa shape index (κ1) is 18.1. The van der Waals surface area contributed by atoms with Crippen LogP contribution in [-0.2, 0) is 14.8 Å². The maximum atomic E-state index is 12.2. The molecule has 0 heterocycles. The van der Waals surface area contributed by atoms with Crippen LogP contribution in [-0.4, -0.2) is 45.8 Å². The van der Waals surface area contributed by atoms with Gasteiger partial charge in [0.05, 0.1) is 17.1 Å². The maximum absolute atomic E-state index is 12.2. The van der Waals surface area contributed by atoms with E-state index in [0.29, 0.717) is 12.2 Å². The normalized spacial score (nSPS) is 12.6. The molecule has 0 aliphatic rings. The van der Waals surface area contributed by atoms with Crippen LogP contribution >= 0.6 is 0 Å². The molecule has 22 heavy (non-hydrogen) atoms. The molecule has 3 N–H and O–H groups in total. The summed E-state index contributed by atoms with van der Waals surface area (Å²) in [7, 11) is -2.35. The summed E-state index contributed by atoms with van der Waals surface area (Å²) in [4.78, 5) is 11.2. The second-order valence-electron chi connectivity index (χ2n) is 4.66. The summed E-state index contributed by atoms with van der Waals surface area (Å²) < 4.78 is 31.7. The number of aromatic carboxylic acids is 1. The maximum Gasteiger partial charge on any atom is 0.337 e. The second-order valence-corrected chi connectivity index (χ2v) is 6.37. The minimum Gasteiger partial charge on any atom is -0.478 e. The quantitative estimate of drug-likeness (QED) is 0.590. The first-order valence-corrected chi connectivity index (χ1v) is 8.03. The van der Waals surface area contributed by atoms with Crippen LogP contribution in [0.2, 0.25) is 0 Å². The standard InChI is InChI=1S/C14H20N2O5S/c1-4-7-15-13-6-5-11(8-12(13)14(17)18)22(19,20)16-10(2)9-21-3/h4-6,8,10,15-16H,1,7,9H2,2-3H3,(H,17,18). The van der Waals surface area contributed by atoms with Crippen molar-refractivity contribution in [1.82, 2.24) is 4.72 Å². The van der Waals surface area contributed by atoms with Gasteiger partial charge in [-0.15, -0.1) is 6.58 Å². The van der Waals surface area contributed by atoms with E-state index in [4.69, 9.17) is 4.74 Å². The van der Waals surface area contributed by atoms with Gasteiger partial charge in [-0.3, -0.25) is 0 Å². The van der Waals surface area contributed by atoms with Crippen molar-refractivity contribution in [2.45, 2.75) is 17.9 Å². The molecule has 7 nitrogen and oxygen atoms in total. The molecule has 1 aromatic rings. The van der Waals surface area contributed by atoms with E-state index in [1.807, 2.05) is 0 Å². The van der Waals surface area contributed by atoms with Crippen molar-refractivity contribution in [3.63, 3.8) is 0 Å². The van der Waals surface area contributed by atoms with E-state index in [2.05, 4.69) is 16.6 Å². The number of anilines is 1. The number of hydrogen-bond donors (Lipinski definition) is 3. The predicted octanol–water partition coefficient (Wildman–Crippen LogP) is 1.30. The number of methoxy groups -OCH3 is 1. The van der Waals surface area contributed by atoms with E-state index < -0.39 is 22.0 Å². The zero-order chi connectivity index (χ0) is 16.8. The molecular formula is C14H20N2O5S. The third kappa shape index (κ3) is 4.83. The molecule has 0 amide bonds. The summed E-state index contributed by atoms with van der Waals surface area (Å²) in [5, 5.41) is 12.1. The molecule has 0 bridgehead atoms. The van der Waals surface area contributed by atoms with Gasteiger partial charge in [0.2, 0.25) is 10.0 Å². The van der Waals surface area contributed by atoms with Gasteiger partial charge in [0.1, 0.15) is 0 Å².